The molecule has 1 aliphatic carbocycles. The minimum Gasteiger partial charge on any atom is -0.371 e. The molecule has 6 rings (SSSR count). The third kappa shape index (κ3) is 5.48. The summed E-state index contributed by atoms with van der Waals surface area (Å²) in [4.78, 5) is 20.4. The van der Waals surface area contributed by atoms with E-state index < -0.39 is 21.6 Å². The van der Waals surface area contributed by atoms with Gasteiger partial charge in [0, 0.05) is 60.8 Å². The van der Waals surface area contributed by atoms with Gasteiger partial charge < -0.3 is 20.9 Å². The van der Waals surface area contributed by atoms with Crippen LogP contribution in [0.4, 0.5) is 40.8 Å². The van der Waals surface area contributed by atoms with Crippen LogP contribution in [-0.2, 0) is 22.9 Å². The fourth-order valence-corrected chi connectivity index (χ4v) is 5.83. The van der Waals surface area contributed by atoms with Gasteiger partial charge in [-0.15, -0.1) is 0 Å². The quantitative estimate of drug-likeness (QED) is 0.330. The predicted molar refractivity (Wildman–Crippen MR) is 155 cm³/mol. The van der Waals surface area contributed by atoms with Crippen LogP contribution >= 0.6 is 0 Å². The molecule has 1 aromatic heterocycles. The second kappa shape index (κ2) is 10.2. The van der Waals surface area contributed by atoms with E-state index in [4.69, 9.17) is 0 Å². The van der Waals surface area contributed by atoms with Crippen molar-refractivity contribution in [3.05, 3.63) is 77.6 Å². The Morgan fingerprint density at radius 3 is 2.45 bits per heavy atom. The molecule has 9 nitrogen and oxygen atoms in total. The SMILES string of the molecule is CS(=O)(=O)c1cccc(CNc2cc(NC3(C(F)(F)F)CC3)c3c(n2)C=CN(c2ccc(N4CCNC4=O)cc2)C3)c1. The number of fused-ring (bicyclic) bond motifs is 1. The number of rotatable bonds is 8. The highest BCUT2D eigenvalue weighted by molar-refractivity contribution is 7.90. The Morgan fingerprint density at radius 1 is 1.07 bits per heavy atom. The van der Waals surface area contributed by atoms with Gasteiger partial charge in [0.15, 0.2) is 9.84 Å². The first-order chi connectivity index (χ1) is 19.9. The average Bonchev–Trinajstić information content (AvgIpc) is 3.63. The second-order valence-electron chi connectivity index (χ2n) is 10.7. The second-order valence-corrected chi connectivity index (χ2v) is 12.8. The molecule has 42 heavy (non-hydrogen) atoms. The van der Waals surface area contributed by atoms with Crippen LogP contribution in [0.15, 0.2) is 65.7 Å². The monoisotopic (exact) mass is 598 g/mol. The molecule has 1 saturated carbocycles. The maximum atomic E-state index is 14.0. The summed E-state index contributed by atoms with van der Waals surface area (Å²) in [6.45, 7) is 1.68. The molecule has 13 heteroatoms. The first-order valence-electron chi connectivity index (χ1n) is 13.4. The van der Waals surface area contributed by atoms with Crippen molar-refractivity contribution in [2.75, 3.05) is 39.8 Å². The maximum absolute atomic E-state index is 14.0. The number of benzene rings is 2. The number of nitrogens with zero attached hydrogens (tertiary/aromatic N) is 3. The lowest BCUT2D eigenvalue weighted by Crippen LogP contribution is -2.39. The van der Waals surface area contributed by atoms with E-state index in [1.165, 1.54) is 6.07 Å². The summed E-state index contributed by atoms with van der Waals surface area (Å²) >= 11 is 0. The van der Waals surface area contributed by atoms with Crippen LogP contribution in [0.3, 0.4) is 0 Å². The van der Waals surface area contributed by atoms with Crippen LogP contribution in [0.25, 0.3) is 6.08 Å². The number of alkyl halides is 3. The average molecular weight is 599 g/mol. The smallest absolute Gasteiger partial charge is 0.371 e. The number of hydrogen-bond acceptors (Lipinski definition) is 7. The minimum absolute atomic E-state index is 0.0142. The van der Waals surface area contributed by atoms with E-state index in [0.29, 0.717) is 41.4 Å². The molecule has 0 spiro atoms. The zero-order valence-corrected chi connectivity index (χ0v) is 23.5. The Kier molecular flexibility index (Phi) is 6.79. The van der Waals surface area contributed by atoms with Gasteiger partial charge >= 0.3 is 12.2 Å². The van der Waals surface area contributed by atoms with Crippen molar-refractivity contribution < 1.29 is 26.4 Å². The predicted octanol–water partition coefficient (Wildman–Crippen LogP) is 5.12. The molecule has 2 amide bonds. The van der Waals surface area contributed by atoms with Crippen LogP contribution in [0, 0.1) is 0 Å². The Bertz CT molecular complexity index is 1670. The molecule has 0 radical (unpaired) electrons. The van der Waals surface area contributed by atoms with Gasteiger partial charge in [-0.25, -0.2) is 18.2 Å². The topological polar surface area (TPSA) is 107 Å². The molecular weight excluding hydrogens is 569 g/mol. The lowest BCUT2D eigenvalue weighted by atomic mass is 10.0. The van der Waals surface area contributed by atoms with E-state index in [0.717, 1.165) is 17.6 Å². The summed E-state index contributed by atoms with van der Waals surface area (Å²) in [5.74, 6) is 0.366. The van der Waals surface area contributed by atoms with Crippen molar-refractivity contribution in [3.63, 3.8) is 0 Å². The van der Waals surface area contributed by atoms with Crippen LogP contribution in [0.2, 0.25) is 0 Å². The highest BCUT2D eigenvalue weighted by atomic mass is 32.2. The minimum atomic E-state index is -4.41. The van der Waals surface area contributed by atoms with Crippen molar-refractivity contribution in [2.24, 2.45) is 0 Å². The number of anilines is 4. The van der Waals surface area contributed by atoms with E-state index in [9.17, 15) is 26.4 Å². The number of aromatic nitrogens is 1. The molecule has 2 aromatic carbocycles. The third-order valence-electron chi connectivity index (χ3n) is 7.71. The first kappa shape index (κ1) is 27.9. The number of nitrogens with one attached hydrogen (secondary N) is 3. The van der Waals surface area contributed by atoms with E-state index in [-0.39, 0.29) is 36.9 Å². The lowest BCUT2D eigenvalue weighted by Gasteiger charge is -2.30. The Balaban J connectivity index is 1.27. The molecule has 3 aromatic rings. The molecule has 0 bridgehead atoms. The number of carbonyl (C=O) groups is 1. The van der Waals surface area contributed by atoms with Gasteiger partial charge in [0.05, 0.1) is 17.1 Å². The van der Waals surface area contributed by atoms with Gasteiger partial charge in [-0.3, -0.25) is 4.90 Å². The number of carbonyl (C=O) groups excluding carboxylic acids is 1. The molecule has 0 unspecified atom stereocenters. The van der Waals surface area contributed by atoms with Crippen molar-refractivity contribution in [1.29, 1.82) is 0 Å². The summed E-state index contributed by atoms with van der Waals surface area (Å²) in [7, 11) is -3.39. The normalized spacial score (nSPS) is 17.6. The Morgan fingerprint density at radius 2 is 1.81 bits per heavy atom. The number of halogens is 3. The third-order valence-corrected chi connectivity index (χ3v) is 8.82. The first-order valence-corrected chi connectivity index (χ1v) is 15.3. The number of urea groups is 1. The number of sulfone groups is 1. The zero-order chi connectivity index (χ0) is 29.7. The van der Waals surface area contributed by atoms with Crippen LogP contribution in [0.1, 0.15) is 29.7 Å². The van der Waals surface area contributed by atoms with E-state index in [1.807, 2.05) is 35.4 Å². The molecular formula is C29H29F3N6O3S. The Labute approximate surface area is 241 Å². The summed E-state index contributed by atoms with van der Waals surface area (Å²) < 4.78 is 65.7. The summed E-state index contributed by atoms with van der Waals surface area (Å²) in [5, 5.41) is 8.71. The molecule has 2 aliphatic heterocycles. The fraction of sp³-hybridized carbons (Fsp3) is 0.310. The van der Waals surface area contributed by atoms with Crippen LogP contribution < -0.4 is 25.8 Å². The number of hydrogen-bond donors (Lipinski definition) is 3. The zero-order valence-electron chi connectivity index (χ0n) is 22.7. The van der Waals surface area contributed by atoms with Crippen molar-refractivity contribution >= 4 is 44.8 Å². The van der Waals surface area contributed by atoms with E-state index in [2.05, 4.69) is 20.9 Å². The fourth-order valence-electron chi connectivity index (χ4n) is 5.14. The van der Waals surface area contributed by atoms with Gasteiger partial charge in [-0.2, -0.15) is 13.2 Å². The highest BCUT2D eigenvalue weighted by Crippen LogP contribution is 2.52. The summed E-state index contributed by atoms with van der Waals surface area (Å²) in [6, 6.07) is 15.3. The van der Waals surface area contributed by atoms with Crippen LogP contribution in [0.5, 0.6) is 0 Å². The highest BCUT2D eigenvalue weighted by Gasteiger charge is 2.63. The summed E-state index contributed by atoms with van der Waals surface area (Å²) in [6.07, 6.45) is 0.276. The largest absolute Gasteiger partial charge is 0.411 e. The van der Waals surface area contributed by atoms with E-state index >= 15 is 0 Å². The van der Waals surface area contributed by atoms with Crippen LogP contribution in [-0.4, -0.2) is 50.5 Å². The molecule has 0 atom stereocenters. The lowest BCUT2D eigenvalue weighted by molar-refractivity contribution is -0.151. The molecule has 220 valence electrons. The number of amides is 2. The molecule has 1 saturated heterocycles. The van der Waals surface area contributed by atoms with Gasteiger partial charge in [0.25, 0.3) is 0 Å². The van der Waals surface area contributed by atoms with Gasteiger partial charge in [-0.1, -0.05) is 12.1 Å². The van der Waals surface area contributed by atoms with Crippen molar-refractivity contribution in [2.45, 2.75) is 42.5 Å². The standard InChI is InChI=1S/C29H29F3N6O3S/c1-42(40,41)22-4-2-3-19(15-22)17-34-26-16-25(36-28(10-11-28)29(30,31)32)23-18-37(13-9-24(23)35-26)20-5-7-21(8-6-20)38-14-12-33-27(38)39/h2-9,13,15-16H,10-12,14,17-18H2,1H3,(H,33,39)(H2,34,35,36). The Hall–Kier alpha value is -4.26. The molecule has 3 heterocycles. The van der Waals surface area contributed by atoms with E-state index in [1.54, 1.807) is 35.2 Å². The number of pyridine rings is 1. The van der Waals surface area contributed by atoms with Crippen molar-refractivity contribution in [3.8, 4) is 0 Å². The van der Waals surface area contributed by atoms with Gasteiger partial charge in [-0.05, 0) is 60.9 Å². The van der Waals surface area contributed by atoms with Gasteiger partial charge in [0.2, 0.25) is 0 Å². The molecule has 2 fully saturated rings. The van der Waals surface area contributed by atoms with Crippen molar-refractivity contribution in [1.82, 2.24) is 10.3 Å². The maximum Gasteiger partial charge on any atom is 0.411 e. The summed E-state index contributed by atoms with van der Waals surface area (Å²) in [5.41, 5.74) is 1.79. The molecule has 3 aliphatic rings. The molecule has 3 N–H and O–H groups in total. The van der Waals surface area contributed by atoms with Gasteiger partial charge in [0.1, 0.15) is 11.4 Å².